The minimum absolute atomic E-state index is 0.200. The number of piperidine rings is 1. The first-order chi connectivity index (χ1) is 12.1. The largest absolute Gasteiger partial charge is 0.389 e. The third kappa shape index (κ3) is 3.79. The number of amides is 1. The number of carbonyl (C=O) groups is 1. The molecule has 25 heavy (non-hydrogen) atoms. The van der Waals surface area contributed by atoms with Crippen LogP contribution in [0, 0.1) is 5.41 Å². The van der Waals surface area contributed by atoms with Gasteiger partial charge >= 0.3 is 0 Å². The van der Waals surface area contributed by atoms with Crippen LogP contribution in [0.3, 0.4) is 0 Å². The van der Waals surface area contributed by atoms with Gasteiger partial charge in [0.15, 0.2) is 0 Å². The lowest BCUT2D eigenvalue weighted by atomic mass is 9.64. The molecule has 0 bridgehead atoms. The van der Waals surface area contributed by atoms with E-state index < -0.39 is 5.60 Å². The van der Waals surface area contributed by atoms with E-state index in [1.165, 1.54) is 24.2 Å². The maximum Gasteiger partial charge on any atom is 0.263 e. The summed E-state index contributed by atoms with van der Waals surface area (Å²) >= 11 is 1.54. The van der Waals surface area contributed by atoms with Crippen molar-refractivity contribution in [2.45, 2.75) is 57.0 Å². The molecule has 0 atom stereocenters. The Kier molecular flexibility index (Phi) is 4.91. The van der Waals surface area contributed by atoms with Crippen molar-refractivity contribution in [3.8, 4) is 0 Å². The second-order valence-corrected chi connectivity index (χ2v) is 9.42. The van der Waals surface area contributed by atoms with E-state index in [-0.39, 0.29) is 5.91 Å². The lowest BCUT2D eigenvalue weighted by molar-refractivity contribution is -0.0647. The molecule has 1 aliphatic carbocycles. The summed E-state index contributed by atoms with van der Waals surface area (Å²) in [5, 5.41) is 13.0. The van der Waals surface area contributed by atoms with Crippen LogP contribution in [-0.2, 0) is 0 Å². The van der Waals surface area contributed by atoms with Gasteiger partial charge in [-0.3, -0.25) is 4.79 Å². The first-order valence-electron chi connectivity index (χ1n) is 9.85. The zero-order valence-electron chi connectivity index (χ0n) is 15.1. The normalized spacial score (nSPS) is 26.2. The Hall–Kier alpha value is -0.910. The van der Waals surface area contributed by atoms with E-state index in [0.29, 0.717) is 5.41 Å². The van der Waals surface area contributed by atoms with Crippen molar-refractivity contribution in [3.63, 3.8) is 0 Å². The van der Waals surface area contributed by atoms with Gasteiger partial charge in [-0.25, -0.2) is 0 Å². The van der Waals surface area contributed by atoms with Crippen molar-refractivity contribution in [2.75, 3.05) is 32.7 Å². The van der Waals surface area contributed by atoms with E-state index in [2.05, 4.69) is 4.90 Å². The number of nitrogens with zero attached hydrogens (tertiary/aromatic N) is 2. The Morgan fingerprint density at radius 3 is 2.32 bits per heavy atom. The van der Waals surface area contributed by atoms with Gasteiger partial charge in [-0.15, -0.1) is 11.3 Å². The van der Waals surface area contributed by atoms with Crippen LogP contribution in [0.2, 0.25) is 0 Å². The molecule has 4 nitrogen and oxygen atoms in total. The van der Waals surface area contributed by atoms with E-state index in [1.807, 2.05) is 22.4 Å². The fourth-order valence-corrected chi connectivity index (χ4v) is 5.69. The standard InChI is InChI=1S/C20H30N2O2S/c23-18(17-4-3-15-25-17)22-13-9-19(10-14-22)5-7-20(24,8-6-19)16-21-11-1-2-12-21/h3-4,15,24H,1-2,5-14,16H2. The van der Waals surface area contributed by atoms with Gasteiger partial charge in [0.25, 0.3) is 5.91 Å². The molecule has 5 heteroatoms. The predicted octanol–water partition coefficient (Wildman–Crippen LogP) is 3.37. The number of thiophene rings is 1. The van der Waals surface area contributed by atoms with Crippen molar-refractivity contribution in [1.82, 2.24) is 9.80 Å². The first kappa shape index (κ1) is 17.5. The Balaban J connectivity index is 1.30. The van der Waals surface area contributed by atoms with Gasteiger partial charge in [0.05, 0.1) is 10.5 Å². The summed E-state index contributed by atoms with van der Waals surface area (Å²) < 4.78 is 0. The van der Waals surface area contributed by atoms with Crippen LogP contribution in [0.1, 0.15) is 61.0 Å². The lowest BCUT2D eigenvalue weighted by Crippen LogP contribution is -2.50. The van der Waals surface area contributed by atoms with Gasteiger partial charge in [0, 0.05) is 19.6 Å². The van der Waals surface area contributed by atoms with Gasteiger partial charge in [0.1, 0.15) is 0 Å². The van der Waals surface area contributed by atoms with Gasteiger partial charge in [-0.2, -0.15) is 0 Å². The highest BCUT2D eigenvalue weighted by molar-refractivity contribution is 7.12. The molecule has 138 valence electrons. The molecule has 3 fully saturated rings. The average molecular weight is 363 g/mol. The quantitative estimate of drug-likeness (QED) is 0.896. The van der Waals surface area contributed by atoms with E-state index in [1.54, 1.807) is 0 Å². The summed E-state index contributed by atoms with van der Waals surface area (Å²) in [6.07, 6.45) is 8.89. The highest BCUT2D eigenvalue weighted by atomic mass is 32.1. The highest BCUT2D eigenvalue weighted by Crippen LogP contribution is 2.48. The summed E-state index contributed by atoms with van der Waals surface area (Å²) in [6, 6.07) is 3.88. The van der Waals surface area contributed by atoms with Crippen LogP contribution in [0.5, 0.6) is 0 Å². The van der Waals surface area contributed by atoms with Crippen LogP contribution in [0.15, 0.2) is 17.5 Å². The number of carbonyl (C=O) groups excluding carboxylic acids is 1. The second kappa shape index (κ2) is 7.01. The highest BCUT2D eigenvalue weighted by Gasteiger charge is 2.44. The van der Waals surface area contributed by atoms with Crippen molar-refractivity contribution >= 4 is 17.2 Å². The molecule has 0 unspecified atom stereocenters. The molecule has 1 saturated carbocycles. The SMILES string of the molecule is O=C(c1cccs1)N1CCC2(CC1)CCC(O)(CN1CCCC1)CC2. The van der Waals surface area contributed by atoms with E-state index >= 15 is 0 Å². The summed E-state index contributed by atoms with van der Waals surface area (Å²) in [5.41, 5.74) is -0.108. The van der Waals surface area contributed by atoms with E-state index in [0.717, 1.165) is 76.1 Å². The number of β-amino-alcohol motifs (C(OH)–C–C–N with tert-alkyl or cyclic N) is 1. The Labute approximate surface area is 154 Å². The zero-order valence-corrected chi connectivity index (χ0v) is 15.9. The third-order valence-corrected chi connectivity index (χ3v) is 7.66. The first-order valence-corrected chi connectivity index (χ1v) is 10.7. The fraction of sp³-hybridized carbons (Fsp3) is 0.750. The summed E-state index contributed by atoms with van der Waals surface area (Å²) in [4.78, 5) is 17.9. The maximum absolute atomic E-state index is 12.5. The van der Waals surface area contributed by atoms with Gasteiger partial charge in [-0.1, -0.05) is 6.07 Å². The minimum Gasteiger partial charge on any atom is -0.389 e. The molecule has 2 aliphatic heterocycles. The predicted molar refractivity (Wildman–Crippen MR) is 101 cm³/mol. The molecule has 1 aromatic rings. The second-order valence-electron chi connectivity index (χ2n) is 8.48. The Morgan fingerprint density at radius 2 is 1.72 bits per heavy atom. The number of hydrogen-bond acceptors (Lipinski definition) is 4. The molecule has 1 N–H and O–H groups in total. The zero-order chi connectivity index (χ0) is 17.3. The average Bonchev–Trinajstić information content (AvgIpc) is 3.32. The smallest absolute Gasteiger partial charge is 0.263 e. The molecule has 2 saturated heterocycles. The van der Waals surface area contributed by atoms with Crippen molar-refractivity contribution < 1.29 is 9.90 Å². The molecule has 4 rings (SSSR count). The topological polar surface area (TPSA) is 43.8 Å². The van der Waals surface area contributed by atoms with Crippen LogP contribution in [0.4, 0.5) is 0 Å². The molecule has 1 amide bonds. The monoisotopic (exact) mass is 362 g/mol. The van der Waals surface area contributed by atoms with Crippen LogP contribution < -0.4 is 0 Å². The fourth-order valence-electron chi connectivity index (χ4n) is 5.00. The summed E-state index contributed by atoms with van der Waals surface area (Å²) in [7, 11) is 0. The molecule has 0 radical (unpaired) electrons. The third-order valence-electron chi connectivity index (χ3n) is 6.80. The summed E-state index contributed by atoms with van der Waals surface area (Å²) in [5.74, 6) is 0.200. The van der Waals surface area contributed by atoms with Gasteiger partial charge in [0.2, 0.25) is 0 Å². The van der Waals surface area contributed by atoms with Crippen LogP contribution in [0.25, 0.3) is 0 Å². The molecule has 1 aromatic heterocycles. The van der Waals surface area contributed by atoms with E-state index in [4.69, 9.17) is 0 Å². The molecular formula is C20H30N2O2S. The lowest BCUT2D eigenvalue weighted by Gasteiger charge is -2.49. The molecule has 1 spiro atoms. The Morgan fingerprint density at radius 1 is 1.04 bits per heavy atom. The maximum atomic E-state index is 12.5. The van der Waals surface area contributed by atoms with Crippen molar-refractivity contribution in [2.24, 2.45) is 5.41 Å². The number of rotatable bonds is 3. The van der Waals surface area contributed by atoms with Crippen molar-refractivity contribution in [1.29, 1.82) is 0 Å². The van der Waals surface area contributed by atoms with E-state index in [9.17, 15) is 9.90 Å². The van der Waals surface area contributed by atoms with Crippen molar-refractivity contribution in [3.05, 3.63) is 22.4 Å². The minimum atomic E-state index is -0.473. The molecular weight excluding hydrogens is 332 g/mol. The molecule has 3 heterocycles. The van der Waals surface area contributed by atoms with Gasteiger partial charge in [-0.05, 0) is 81.3 Å². The number of hydrogen-bond donors (Lipinski definition) is 1. The van der Waals surface area contributed by atoms with Crippen LogP contribution in [-0.4, -0.2) is 59.1 Å². The Bertz CT molecular complexity index is 577. The van der Waals surface area contributed by atoms with Crippen LogP contribution >= 0.6 is 11.3 Å². The molecule has 0 aromatic carbocycles. The number of aliphatic hydroxyl groups is 1. The molecule has 3 aliphatic rings. The van der Waals surface area contributed by atoms with Gasteiger partial charge < -0.3 is 14.9 Å². The number of likely N-dealkylation sites (tertiary alicyclic amines) is 2. The summed E-state index contributed by atoms with van der Waals surface area (Å²) in [6.45, 7) is 4.94.